The molecule has 0 saturated heterocycles. The van der Waals surface area contributed by atoms with E-state index in [1.54, 1.807) is 13.0 Å². The minimum Gasteiger partial charge on any atom is -0.467 e. The Labute approximate surface area is 123 Å². The van der Waals surface area contributed by atoms with E-state index in [2.05, 4.69) is 5.32 Å². The van der Waals surface area contributed by atoms with Crippen molar-refractivity contribution in [2.24, 2.45) is 0 Å². The number of hydrogen-bond donors (Lipinski definition) is 1. The summed E-state index contributed by atoms with van der Waals surface area (Å²) >= 11 is 0. The van der Waals surface area contributed by atoms with Gasteiger partial charge in [0.2, 0.25) is 0 Å². The topological polar surface area (TPSA) is 68.5 Å². The molecule has 2 rings (SSSR count). The van der Waals surface area contributed by atoms with Gasteiger partial charge in [-0.2, -0.15) is 0 Å². The van der Waals surface area contributed by atoms with Gasteiger partial charge in [-0.25, -0.2) is 4.79 Å². The van der Waals surface area contributed by atoms with Crippen LogP contribution in [0.5, 0.6) is 0 Å². The Morgan fingerprint density at radius 2 is 2.00 bits per heavy atom. The van der Waals surface area contributed by atoms with E-state index in [-0.39, 0.29) is 5.76 Å². The standard InChI is InChI=1S/C16H19NO4/c1-5-16(3,15(19)20-4)17-14(18)13-10(2)11-8-6-7-9-12(11)21-13/h6-9H,5H2,1-4H3,(H,17,18). The van der Waals surface area contributed by atoms with E-state index in [1.165, 1.54) is 7.11 Å². The Hall–Kier alpha value is -2.30. The Morgan fingerprint density at radius 1 is 1.33 bits per heavy atom. The van der Waals surface area contributed by atoms with Crippen LogP contribution in [0, 0.1) is 6.92 Å². The van der Waals surface area contributed by atoms with Gasteiger partial charge in [-0.05, 0) is 26.3 Å². The van der Waals surface area contributed by atoms with Crippen molar-refractivity contribution in [1.82, 2.24) is 5.32 Å². The fourth-order valence-corrected chi connectivity index (χ4v) is 2.21. The zero-order chi connectivity index (χ0) is 15.6. The highest BCUT2D eigenvalue weighted by atomic mass is 16.5. The molecule has 21 heavy (non-hydrogen) atoms. The molecule has 2 aromatic rings. The molecule has 0 aliphatic heterocycles. The van der Waals surface area contributed by atoms with Crippen LogP contribution in [0.25, 0.3) is 11.0 Å². The highest BCUT2D eigenvalue weighted by Crippen LogP contribution is 2.25. The van der Waals surface area contributed by atoms with Gasteiger partial charge in [0.25, 0.3) is 5.91 Å². The summed E-state index contributed by atoms with van der Waals surface area (Å²) in [6.45, 7) is 5.26. The van der Waals surface area contributed by atoms with Gasteiger partial charge in [0, 0.05) is 10.9 Å². The molecule has 0 radical (unpaired) electrons. The van der Waals surface area contributed by atoms with Crippen LogP contribution in [-0.2, 0) is 9.53 Å². The summed E-state index contributed by atoms with van der Waals surface area (Å²) in [5.41, 5.74) is 0.333. The minimum atomic E-state index is -1.07. The first kappa shape index (κ1) is 15.1. The molecule has 0 spiro atoms. The first-order chi connectivity index (χ1) is 9.92. The largest absolute Gasteiger partial charge is 0.467 e. The van der Waals surface area contributed by atoms with E-state index < -0.39 is 17.4 Å². The lowest BCUT2D eigenvalue weighted by atomic mass is 9.98. The molecule has 1 atom stereocenters. The second-order valence-electron chi connectivity index (χ2n) is 5.18. The van der Waals surface area contributed by atoms with Gasteiger partial charge < -0.3 is 14.5 Å². The Balaban J connectivity index is 2.34. The van der Waals surface area contributed by atoms with Gasteiger partial charge in [-0.1, -0.05) is 25.1 Å². The lowest BCUT2D eigenvalue weighted by Crippen LogP contribution is -2.52. The summed E-state index contributed by atoms with van der Waals surface area (Å²) in [5.74, 6) is -0.676. The van der Waals surface area contributed by atoms with Gasteiger partial charge in [0.05, 0.1) is 7.11 Å². The van der Waals surface area contributed by atoms with Gasteiger partial charge in [-0.3, -0.25) is 4.79 Å². The fourth-order valence-electron chi connectivity index (χ4n) is 2.21. The van der Waals surface area contributed by atoms with Crippen molar-refractivity contribution in [3.05, 3.63) is 35.6 Å². The lowest BCUT2D eigenvalue weighted by Gasteiger charge is -2.25. The van der Waals surface area contributed by atoms with Crippen LogP contribution >= 0.6 is 0 Å². The van der Waals surface area contributed by atoms with Crippen LogP contribution < -0.4 is 5.32 Å². The number of methoxy groups -OCH3 is 1. The highest BCUT2D eigenvalue weighted by molar-refractivity contribution is 6.01. The molecule has 1 N–H and O–H groups in total. The van der Waals surface area contributed by atoms with E-state index in [0.29, 0.717) is 12.0 Å². The molecule has 0 bridgehead atoms. The number of benzene rings is 1. The normalized spacial score (nSPS) is 13.7. The van der Waals surface area contributed by atoms with Gasteiger partial charge in [0.1, 0.15) is 11.1 Å². The number of furan rings is 1. The van der Waals surface area contributed by atoms with Crippen LogP contribution in [0.4, 0.5) is 0 Å². The first-order valence-electron chi connectivity index (χ1n) is 6.82. The van der Waals surface area contributed by atoms with E-state index >= 15 is 0 Å². The number of para-hydroxylation sites is 1. The van der Waals surface area contributed by atoms with Crippen LogP contribution in [0.1, 0.15) is 36.4 Å². The molecular formula is C16H19NO4. The van der Waals surface area contributed by atoms with Gasteiger partial charge in [-0.15, -0.1) is 0 Å². The van der Waals surface area contributed by atoms with Crippen LogP contribution in [-0.4, -0.2) is 24.5 Å². The summed E-state index contributed by atoms with van der Waals surface area (Å²) in [5, 5.41) is 3.59. The van der Waals surface area contributed by atoms with E-state index in [4.69, 9.17) is 9.15 Å². The van der Waals surface area contributed by atoms with Crippen molar-refractivity contribution in [2.45, 2.75) is 32.7 Å². The maximum atomic E-state index is 12.4. The van der Waals surface area contributed by atoms with E-state index in [0.717, 1.165) is 10.9 Å². The smallest absolute Gasteiger partial charge is 0.331 e. The van der Waals surface area contributed by atoms with Crippen LogP contribution in [0.3, 0.4) is 0 Å². The van der Waals surface area contributed by atoms with Crippen molar-refractivity contribution in [1.29, 1.82) is 0 Å². The molecule has 1 aromatic carbocycles. The molecule has 1 heterocycles. The van der Waals surface area contributed by atoms with Crippen LogP contribution in [0.15, 0.2) is 28.7 Å². The predicted molar refractivity (Wildman–Crippen MR) is 79.1 cm³/mol. The summed E-state index contributed by atoms with van der Waals surface area (Å²) in [7, 11) is 1.30. The number of carbonyl (C=O) groups is 2. The molecule has 1 unspecified atom stereocenters. The molecule has 0 aliphatic rings. The summed E-state index contributed by atoms with van der Waals surface area (Å²) in [6, 6.07) is 7.43. The Morgan fingerprint density at radius 3 is 2.57 bits per heavy atom. The molecule has 1 amide bonds. The third-order valence-electron chi connectivity index (χ3n) is 3.78. The van der Waals surface area contributed by atoms with Crippen molar-refractivity contribution >= 4 is 22.8 Å². The lowest BCUT2D eigenvalue weighted by molar-refractivity contribution is -0.147. The number of rotatable bonds is 4. The third-order valence-corrected chi connectivity index (χ3v) is 3.78. The number of ether oxygens (including phenoxy) is 1. The number of aryl methyl sites for hydroxylation is 1. The predicted octanol–water partition coefficient (Wildman–Crippen LogP) is 2.81. The molecule has 0 saturated carbocycles. The fraction of sp³-hybridized carbons (Fsp3) is 0.375. The number of amides is 1. The second-order valence-corrected chi connectivity index (χ2v) is 5.18. The summed E-state index contributed by atoms with van der Waals surface area (Å²) < 4.78 is 10.3. The van der Waals surface area contributed by atoms with E-state index in [9.17, 15) is 9.59 Å². The van der Waals surface area contributed by atoms with Crippen molar-refractivity contribution < 1.29 is 18.7 Å². The average molecular weight is 289 g/mol. The molecule has 5 nitrogen and oxygen atoms in total. The van der Waals surface area contributed by atoms with Crippen molar-refractivity contribution in [2.75, 3.05) is 7.11 Å². The molecule has 112 valence electrons. The number of nitrogens with one attached hydrogen (secondary N) is 1. The van der Waals surface area contributed by atoms with Crippen LogP contribution in [0.2, 0.25) is 0 Å². The zero-order valence-corrected chi connectivity index (χ0v) is 12.6. The molecule has 1 aromatic heterocycles. The Kier molecular flexibility index (Phi) is 4.02. The van der Waals surface area contributed by atoms with Gasteiger partial charge >= 0.3 is 5.97 Å². The maximum absolute atomic E-state index is 12.4. The second kappa shape index (κ2) is 5.60. The molecule has 0 fully saturated rings. The highest BCUT2D eigenvalue weighted by Gasteiger charge is 2.35. The maximum Gasteiger partial charge on any atom is 0.331 e. The molecule has 5 heteroatoms. The zero-order valence-electron chi connectivity index (χ0n) is 12.6. The summed E-state index contributed by atoms with van der Waals surface area (Å²) in [6.07, 6.45) is 0.421. The molecule has 0 aliphatic carbocycles. The molecular weight excluding hydrogens is 270 g/mol. The third kappa shape index (κ3) is 2.63. The average Bonchev–Trinajstić information content (AvgIpc) is 2.84. The monoisotopic (exact) mass is 289 g/mol. The van der Waals surface area contributed by atoms with Crippen molar-refractivity contribution in [3.63, 3.8) is 0 Å². The Bertz CT molecular complexity index is 689. The van der Waals surface area contributed by atoms with Gasteiger partial charge in [0.15, 0.2) is 5.76 Å². The quantitative estimate of drug-likeness (QED) is 0.879. The number of esters is 1. The SMILES string of the molecule is CCC(C)(NC(=O)c1oc2ccccc2c1C)C(=O)OC. The van der Waals surface area contributed by atoms with Crippen molar-refractivity contribution in [3.8, 4) is 0 Å². The minimum absolute atomic E-state index is 0.222. The number of carbonyl (C=O) groups excluding carboxylic acids is 2. The number of hydrogen-bond acceptors (Lipinski definition) is 4. The van der Waals surface area contributed by atoms with E-state index in [1.807, 2.05) is 32.0 Å². The number of fused-ring (bicyclic) bond motifs is 1. The summed E-state index contributed by atoms with van der Waals surface area (Å²) in [4.78, 5) is 24.2. The first-order valence-corrected chi connectivity index (χ1v) is 6.82.